The number of aromatic nitrogens is 2. The van der Waals surface area contributed by atoms with E-state index in [2.05, 4.69) is 15.5 Å². The number of benzene rings is 1. The molecule has 0 aliphatic heterocycles. The van der Waals surface area contributed by atoms with E-state index in [1.807, 2.05) is 12.1 Å². The van der Waals surface area contributed by atoms with Crippen LogP contribution in [0.1, 0.15) is 0 Å². The van der Waals surface area contributed by atoms with Crippen molar-refractivity contribution >= 4 is 17.5 Å². The second kappa shape index (κ2) is 4.52. The zero-order valence-electron chi connectivity index (χ0n) is 9.10. The minimum Gasteiger partial charge on any atom is -0.497 e. The fourth-order valence-electron chi connectivity index (χ4n) is 1.19. The van der Waals surface area contributed by atoms with Crippen LogP contribution in [0.4, 0.5) is 17.5 Å². The average Bonchev–Trinajstić information content (AvgIpc) is 2.34. The summed E-state index contributed by atoms with van der Waals surface area (Å²) in [7, 11) is 1.58. The predicted octanol–water partition coefficient (Wildman–Crippen LogP) is 0.883. The first-order valence-electron chi connectivity index (χ1n) is 4.78. The number of rotatable bonds is 3. The van der Waals surface area contributed by atoms with E-state index in [0.29, 0.717) is 11.4 Å². The molecule has 0 atom stereocenters. The maximum Gasteiger partial charge on any atom is 0.320 e. The lowest BCUT2D eigenvalue weighted by atomic mass is 10.3. The molecule has 0 aliphatic rings. The summed E-state index contributed by atoms with van der Waals surface area (Å²) < 4.78 is 10.1. The largest absolute Gasteiger partial charge is 0.497 e. The lowest BCUT2D eigenvalue weighted by Crippen LogP contribution is -2.12. The van der Waals surface area contributed by atoms with E-state index in [-0.39, 0.29) is 17.4 Å². The molecule has 0 radical (unpaired) electrons. The second-order valence-electron chi connectivity index (χ2n) is 3.18. The molecule has 7 nitrogen and oxygen atoms in total. The van der Waals surface area contributed by atoms with Crippen molar-refractivity contribution in [1.29, 1.82) is 5.41 Å². The molecule has 1 aromatic carbocycles. The molecule has 0 amide bonds. The molecular weight excluding hydrogens is 222 g/mol. The monoisotopic (exact) mass is 233 g/mol. The van der Waals surface area contributed by atoms with Crippen molar-refractivity contribution in [2.75, 3.05) is 18.2 Å². The van der Waals surface area contributed by atoms with Gasteiger partial charge in [-0.2, -0.15) is 0 Å². The summed E-state index contributed by atoms with van der Waals surface area (Å²) in [6.45, 7) is 0. The zero-order valence-corrected chi connectivity index (χ0v) is 9.10. The molecular formula is C10H11N5O2. The molecule has 88 valence electrons. The van der Waals surface area contributed by atoms with Crippen LogP contribution >= 0.6 is 0 Å². The van der Waals surface area contributed by atoms with Gasteiger partial charge in [0, 0.05) is 11.8 Å². The molecule has 2 rings (SSSR count). The summed E-state index contributed by atoms with van der Waals surface area (Å²) in [6, 6.07) is 7.29. The van der Waals surface area contributed by atoms with Crippen LogP contribution in [0.2, 0.25) is 0 Å². The smallest absolute Gasteiger partial charge is 0.320 e. The van der Waals surface area contributed by atoms with Crippen molar-refractivity contribution < 1.29 is 9.15 Å². The highest BCUT2D eigenvalue weighted by Gasteiger charge is 2.02. The summed E-state index contributed by atoms with van der Waals surface area (Å²) in [4.78, 5) is 0. The maximum atomic E-state index is 7.35. The third kappa shape index (κ3) is 2.51. The summed E-state index contributed by atoms with van der Waals surface area (Å²) in [6.07, 6.45) is 0. The van der Waals surface area contributed by atoms with E-state index >= 15 is 0 Å². The van der Waals surface area contributed by atoms with Crippen molar-refractivity contribution in [3.8, 4) is 5.75 Å². The molecule has 0 fully saturated rings. The molecule has 0 aliphatic carbocycles. The van der Waals surface area contributed by atoms with Gasteiger partial charge in [0.15, 0.2) is 0 Å². The molecule has 0 saturated carbocycles. The molecule has 1 heterocycles. The van der Waals surface area contributed by atoms with Gasteiger partial charge in [-0.1, -0.05) is 11.2 Å². The molecule has 0 unspecified atom stereocenters. The first-order chi connectivity index (χ1) is 8.19. The Kier molecular flexibility index (Phi) is 2.91. The summed E-state index contributed by atoms with van der Waals surface area (Å²) >= 11 is 0. The predicted molar refractivity (Wildman–Crippen MR) is 60.8 cm³/mol. The molecule has 1 aromatic heterocycles. The highest BCUT2D eigenvalue weighted by molar-refractivity contribution is 5.54. The highest BCUT2D eigenvalue weighted by Crippen LogP contribution is 2.19. The molecule has 7 heteroatoms. The van der Waals surface area contributed by atoms with Gasteiger partial charge >= 0.3 is 6.01 Å². The van der Waals surface area contributed by atoms with E-state index in [0.717, 1.165) is 0 Å². The Bertz CT molecular complexity index is 581. The number of hydrogen-bond donors (Lipinski definition) is 3. The van der Waals surface area contributed by atoms with E-state index in [1.54, 1.807) is 19.2 Å². The van der Waals surface area contributed by atoms with Crippen molar-refractivity contribution in [1.82, 2.24) is 10.2 Å². The van der Waals surface area contributed by atoms with Crippen molar-refractivity contribution in [3.05, 3.63) is 29.8 Å². The Hall–Kier alpha value is -2.57. The Labute approximate surface area is 96.8 Å². The van der Waals surface area contributed by atoms with E-state index in [1.165, 1.54) is 0 Å². The first kappa shape index (κ1) is 10.9. The zero-order chi connectivity index (χ0) is 12.3. The Morgan fingerprint density at radius 2 is 2.24 bits per heavy atom. The number of nitrogens with one attached hydrogen (secondary N) is 2. The third-order valence-corrected chi connectivity index (χ3v) is 2.00. The first-order valence-corrected chi connectivity index (χ1v) is 4.78. The van der Waals surface area contributed by atoms with Gasteiger partial charge < -0.3 is 20.2 Å². The standard InChI is InChI=1S/C10H11N5O2/c1-16-7-4-2-3-6(5-7)13-10-15-14-8(11)9(12)17-10/h2-5,12H,1H3,(H2,11,14)(H,13,15). The molecule has 17 heavy (non-hydrogen) atoms. The van der Waals surface area contributed by atoms with Gasteiger partial charge in [0.05, 0.1) is 7.11 Å². The average molecular weight is 233 g/mol. The lowest BCUT2D eigenvalue weighted by Gasteiger charge is -2.05. The van der Waals surface area contributed by atoms with Gasteiger partial charge in [0.1, 0.15) is 5.75 Å². The van der Waals surface area contributed by atoms with Gasteiger partial charge in [-0.3, -0.25) is 5.41 Å². The third-order valence-electron chi connectivity index (χ3n) is 2.00. The normalized spacial score (nSPS) is 9.94. The van der Waals surface area contributed by atoms with Crippen LogP contribution in [-0.4, -0.2) is 17.3 Å². The molecule has 2 aromatic rings. The quantitative estimate of drug-likeness (QED) is 0.726. The Morgan fingerprint density at radius 1 is 1.41 bits per heavy atom. The van der Waals surface area contributed by atoms with Crippen LogP contribution in [0.3, 0.4) is 0 Å². The van der Waals surface area contributed by atoms with E-state index in [4.69, 9.17) is 20.3 Å². The van der Waals surface area contributed by atoms with Crippen LogP contribution in [0, 0.1) is 5.41 Å². The summed E-state index contributed by atoms with van der Waals surface area (Å²) in [5, 5.41) is 17.4. The molecule has 0 bridgehead atoms. The topological polar surface area (TPSA) is 110 Å². The SMILES string of the molecule is COc1cccc(Nc2nnc(N)c(=N)o2)c1. The maximum absolute atomic E-state index is 7.35. The van der Waals surface area contributed by atoms with Gasteiger partial charge in [0.25, 0.3) is 5.55 Å². The van der Waals surface area contributed by atoms with Gasteiger partial charge in [0.2, 0.25) is 5.82 Å². The number of nitrogens with two attached hydrogens (primary N) is 1. The van der Waals surface area contributed by atoms with E-state index < -0.39 is 0 Å². The highest BCUT2D eigenvalue weighted by atomic mass is 16.5. The molecule has 4 N–H and O–H groups in total. The number of hydrogen-bond acceptors (Lipinski definition) is 7. The number of methoxy groups -OCH3 is 1. The number of nitrogen functional groups attached to an aromatic ring is 1. The molecule has 0 saturated heterocycles. The lowest BCUT2D eigenvalue weighted by molar-refractivity contribution is 0.415. The fraction of sp³-hybridized carbons (Fsp3) is 0.100. The van der Waals surface area contributed by atoms with Gasteiger partial charge in [-0.25, -0.2) is 0 Å². The van der Waals surface area contributed by atoms with Crippen LogP contribution in [0.5, 0.6) is 5.75 Å². The van der Waals surface area contributed by atoms with E-state index in [9.17, 15) is 0 Å². The Morgan fingerprint density at radius 3 is 2.94 bits per heavy atom. The number of anilines is 3. The van der Waals surface area contributed by atoms with Crippen LogP contribution in [0.25, 0.3) is 0 Å². The molecule has 0 spiro atoms. The van der Waals surface area contributed by atoms with Crippen molar-refractivity contribution in [2.24, 2.45) is 0 Å². The summed E-state index contributed by atoms with van der Waals surface area (Å²) in [5.41, 5.74) is 5.81. The van der Waals surface area contributed by atoms with Crippen LogP contribution < -0.4 is 21.3 Å². The van der Waals surface area contributed by atoms with Gasteiger partial charge in [-0.15, -0.1) is 5.10 Å². The Balaban J connectivity index is 2.25. The summed E-state index contributed by atoms with van der Waals surface area (Å²) in [5.74, 6) is 0.644. The van der Waals surface area contributed by atoms with Crippen LogP contribution in [0.15, 0.2) is 28.7 Å². The van der Waals surface area contributed by atoms with Crippen molar-refractivity contribution in [3.63, 3.8) is 0 Å². The second-order valence-corrected chi connectivity index (χ2v) is 3.18. The van der Waals surface area contributed by atoms with Crippen LogP contribution in [-0.2, 0) is 0 Å². The minimum atomic E-state index is -0.231. The number of nitrogens with zero attached hydrogens (tertiary/aromatic N) is 2. The number of ether oxygens (including phenoxy) is 1. The minimum absolute atomic E-state index is 0.0545. The van der Waals surface area contributed by atoms with Gasteiger partial charge in [-0.05, 0) is 12.1 Å². The fourth-order valence-corrected chi connectivity index (χ4v) is 1.19. The van der Waals surface area contributed by atoms with Crippen molar-refractivity contribution in [2.45, 2.75) is 0 Å².